The summed E-state index contributed by atoms with van der Waals surface area (Å²) in [5.74, 6) is -0.101. The van der Waals surface area contributed by atoms with Gasteiger partial charge in [-0.1, -0.05) is 162 Å². The first-order valence-electron chi connectivity index (χ1n) is 45.9. The Kier molecular flexibility index (Phi) is 33.0. The Morgan fingerprint density at radius 3 is 1.19 bits per heavy atom. The molecule has 140 heavy (non-hydrogen) atoms. The predicted octanol–water partition coefficient (Wildman–Crippen LogP) is 24.3. The Morgan fingerprint density at radius 1 is 0.386 bits per heavy atom. The van der Waals surface area contributed by atoms with Gasteiger partial charge in [0.15, 0.2) is 17.3 Å². The number of nitrogens with one attached hydrogen (secondary N) is 9. The van der Waals surface area contributed by atoms with E-state index in [0.29, 0.717) is 117 Å². The van der Waals surface area contributed by atoms with Gasteiger partial charge in [-0.2, -0.15) is 26.3 Å². The summed E-state index contributed by atoms with van der Waals surface area (Å²) < 4.78 is 89.4. The number of methoxy groups -OCH3 is 1. The van der Waals surface area contributed by atoms with E-state index in [1.807, 2.05) is 173 Å². The molecule has 32 heteroatoms. The van der Waals surface area contributed by atoms with Crippen LogP contribution in [0, 0.1) is 34.6 Å². The molecule has 22 nitrogen and oxygen atoms in total. The lowest BCUT2D eigenvalue weighted by atomic mass is 9.97. The van der Waals surface area contributed by atoms with Gasteiger partial charge < -0.3 is 61.1 Å². The van der Waals surface area contributed by atoms with Crippen molar-refractivity contribution in [3.8, 4) is 5.75 Å². The molecule has 1 amide bonds. The molecule has 0 unspecified atom stereocenters. The number of anilines is 5. The lowest BCUT2D eigenvalue weighted by molar-refractivity contribution is -0.139. The number of amides is 1. The van der Waals surface area contributed by atoms with Crippen LogP contribution in [-0.2, 0) is 70.9 Å². The number of rotatable bonds is 29. The average molecular weight is 1980 g/mol. The van der Waals surface area contributed by atoms with Crippen molar-refractivity contribution in [2.45, 2.75) is 112 Å². The fraction of sp³-hybridized carbons (Fsp3) is 0.259. The third-order valence-corrected chi connectivity index (χ3v) is 26.8. The fourth-order valence-electron chi connectivity index (χ4n) is 16.9. The Morgan fingerprint density at radius 2 is 0.764 bits per heavy atom. The highest BCUT2D eigenvalue weighted by Gasteiger charge is 2.37. The van der Waals surface area contributed by atoms with Gasteiger partial charge in [0.05, 0.1) is 38.3 Å². The molecule has 18 rings (SSSR count). The lowest BCUT2D eigenvalue weighted by Crippen LogP contribution is -2.45. The van der Waals surface area contributed by atoms with Crippen molar-refractivity contribution >= 4 is 142 Å². The summed E-state index contributed by atoms with van der Waals surface area (Å²) in [5, 5.41) is 22.1. The summed E-state index contributed by atoms with van der Waals surface area (Å²) >= 11 is 26.1. The van der Waals surface area contributed by atoms with Gasteiger partial charge in [0.1, 0.15) is 28.3 Å². The average Bonchev–Trinajstić information content (AvgIpc) is 1.18. The van der Waals surface area contributed by atoms with Gasteiger partial charge in [-0.3, -0.25) is 29.0 Å². The quantitative estimate of drug-likeness (QED) is 0.0156. The van der Waals surface area contributed by atoms with E-state index >= 15 is 0 Å². The number of aryl methyl sites for hydroxylation is 5. The van der Waals surface area contributed by atoms with Crippen molar-refractivity contribution in [2.24, 2.45) is 0 Å². The number of ether oxygens (including phenoxy) is 1. The van der Waals surface area contributed by atoms with E-state index in [2.05, 4.69) is 89.2 Å². The minimum Gasteiger partial charge on any atom is -0.497 e. The molecule has 2 aliphatic rings. The second-order valence-corrected chi connectivity index (χ2v) is 36.7. The maximum atomic E-state index is 14.0. The number of aromatic nitrogens is 8. The van der Waals surface area contributed by atoms with Crippen LogP contribution in [0.15, 0.2) is 232 Å². The monoisotopic (exact) mass is 1980 g/mol. The van der Waals surface area contributed by atoms with Crippen LogP contribution in [0.25, 0.3) is 44.1 Å². The number of piperazine rings is 2. The van der Waals surface area contributed by atoms with Crippen LogP contribution in [0.3, 0.4) is 0 Å². The van der Waals surface area contributed by atoms with Gasteiger partial charge in [0.2, 0.25) is 0 Å². The molecule has 2 fully saturated rings. The van der Waals surface area contributed by atoms with E-state index in [1.165, 1.54) is 18.2 Å². The molecule has 9 N–H and O–H groups in total. The van der Waals surface area contributed by atoms with Crippen molar-refractivity contribution in [1.29, 1.82) is 0 Å². The molecule has 8 aromatic heterocycles. The highest BCUT2D eigenvalue weighted by atomic mass is 35.5. The van der Waals surface area contributed by atoms with Crippen LogP contribution in [0.5, 0.6) is 5.75 Å². The summed E-state index contributed by atoms with van der Waals surface area (Å²) in [4.78, 5) is 90.0. The number of nitrogens with zero attached hydrogens (tertiary/aromatic N) is 8. The second kappa shape index (κ2) is 45.7. The molecule has 8 aromatic carbocycles. The largest absolute Gasteiger partial charge is 0.497 e. The third-order valence-electron chi connectivity index (χ3n) is 25.1. The van der Waals surface area contributed by atoms with E-state index in [1.54, 1.807) is 80.7 Å². The van der Waals surface area contributed by atoms with Gasteiger partial charge in [0.25, 0.3) is 5.91 Å². The number of fused-ring (bicyclic) bond motifs is 4. The van der Waals surface area contributed by atoms with E-state index in [0.717, 1.165) is 175 Å². The number of carbonyl (C=O) groups is 4. The SMILES string of the molecule is CCN1CCN(Cc2ccc(C(=O)Nc3ccc(C)c(NCc4cnc5[nH]ccc5c4Cl)c3)cc2C(F)(F)F)CC1.COc1cc(NCc2cnc3[nH]ccc3c2Cl)cc(C(=O)Cc2cccc(C)c2)c1.Cc1ccc(C(=O)Cc2ccc(CN3CCN(C)CC3)c(C(F)(F)F)c2)cc1NCc1cnc2[nH]ccc2c1Cl.Cc1cccc(CC(=O)c2ccc(C)c(NCc3cnc4[nH]ccc4c3Cl)c2)c1. The zero-order valence-electron chi connectivity index (χ0n) is 78.6. The standard InChI is InChI=1S/C30H32ClF3N6O.C30H31ClF3N5O.C24H22ClN3O2.C24H22ClN3O/c1-3-39-10-12-40(13-11-39)18-21-6-5-20(14-25(21)30(32,33)34)29(41)38-23-7-4-19(2)26(15-23)36-16-22-17-37-28-24(27(22)31)8-9-35-28;1-19-3-5-21(15-26(19)36-16-23-17-37-29-24(28(23)31)7-8-35-29)27(40)14-20-4-6-22(25(13-20)30(32,33)34)18-39-11-9-38(2)10-12-39;1-15-4-3-5-16(8-15)9-22(29)17-10-19(12-20(11-17)30-2)27-13-18-14-28-24-21(23(18)25)6-7-26-24;1-15-4-3-5-17(10-15)11-22(29)18-7-6-16(2)21(12-18)27-13-19-14-28-24-20(23(19)25)8-9-26-24/h4-9,14-15,17,36H,3,10-13,16,18H2,1-2H3,(H,35,37)(H,38,41);3-8,13,15,17,36H,9-12,14,16,18H2,1-2H3,(H,35,37);3-8,10-12,14,27H,9,13H2,1-2H3,(H,26,28);3-10,12,14,27H,11,13H2,1-2H3,(H,26,28). The summed E-state index contributed by atoms with van der Waals surface area (Å²) in [5.41, 5.74) is 18.2. The van der Waals surface area contributed by atoms with E-state index in [-0.39, 0.29) is 53.6 Å². The molecule has 0 aliphatic carbocycles. The van der Waals surface area contributed by atoms with Crippen molar-refractivity contribution in [3.05, 3.63) is 363 Å². The number of likely N-dealkylation sites (N-methyl/N-ethyl adjacent to an activating group) is 2. The fourth-order valence-corrected chi connectivity index (χ4v) is 18.0. The summed E-state index contributed by atoms with van der Waals surface area (Å²) in [6, 6.07) is 53.5. The number of hydrogen-bond acceptors (Lipinski definition) is 17. The highest BCUT2D eigenvalue weighted by molar-refractivity contribution is 6.37. The van der Waals surface area contributed by atoms with Crippen LogP contribution >= 0.6 is 46.4 Å². The molecule has 0 atom stereocenters. The first kappa shape index (κ1) is 101. The van der Waals surface area contributed by atoms with Gasteiger partial charge in [0, 0.05) is 261 Å². The summed E-state index contributed by atoms with van der Waals surface area (Å²) in [6.45, 7) is 21.3. The van der Waals surface area contributed by atoms with Crippen LogP contribution < -0.4 is 31.3 Å². The first-order chi connectivity index (χ1) is 67.2. The lowest BCUT2D eigenvalue weighted by Gasteiger charge is -2.34. The number of Topliss-reactive ketones (excluding diaryl/α,β-unsaturated/α-hetero) is 3. The van der Waals surface area contributed by atoms with Gasteiger partial charge in [-0.15, -0.1) is 0 Å². The molecule has 724 valence electrons. The predicted molar refractivity (Wildman–Crippen MR) is 548 cm³/mol. The number of halogens is 10. The molecule has 16 aromatic rings. The number of alkyl halides is 6. The number of aromatic amines is 4. The van der Waals surface area contributed by atoms with Crippen molar-refractivity contribution in [1.82, 2.24) is 59.5 Å². The third kappa shape index (κ3) is 25.8. The zero-order valence-corrected chi connectivity index (χ0v) is 81.6. The molecule has 10 heterocycles. The van der Waals surface area contributed by atoms with Gasteiger partial charge >= 0.3 is 12.4 Å². The molecular formula is C108H107Cl4F6N17O5. The molecule has 0 radical (unpaired) electrons. The first-order valence-corrected chi connectivity index (χ1v) is 47.4. The number of pyridine rings is 4. The number of benzene rings is 8. The molecular weight excluding hydrogens is 1870 g/mol. The number of H-pyrrole nitrogens is 4. The summed E-state index contributed by atoms with van der Waals surface area (Å²) in [7, 11) is 3.60. The second-order valence-electron chi connectivity index (χ2n) is 35.2. The Bertz CT molecular complexity index is 7160. The molecule has 2 saturated heterocycles. The maximum Gasteiger partial charge on any atom is 0.416 e. The maximum absolute atomic E-state index is 14.0. The molecule has 0 saturated carbocycles. The molecule has 0 bridgehead atoms. The van der Waals surface area contributed by atoms with Crippen LogP contribution in [0.1, 0.15) is 137 Å². The van der Waals surface area contributed by atoms with Crippen molar-refractivity contribution < 1.29 is 50.3 Å². The smallest absolute Gasteiger partial charge is 0.416 e. The topological polar surface area (TPSA) is 265 Å². The normalized spacial score (nSPS) is 13.3. The summed E-state index contributed by atoms with van der Waals surface area (Å²) in [6.07, 6.45) is 5.65. The van der Waals surface area contributed by atoms with Crippen LogP contribution in [0.2, 0.25) is 20.1 Å². The number of ketones is 3. The Balaban J connectivity index is 0.000000143. The number of hydrogen-bond donors (Lipinski definition) is 9. The van der Waals surface area contributed by atoms with E-state index in [4.69, 9.17) is 51.1 Å². The van der Waals surface area contributed by atoms with Crippen LogP contribution in [-0.4, -0.2) is 156 Å². The number of carbonyl (C=O) groups excluding carboxylic acids is 4. The molecule has 2 aliphatic heterocycles. The molecule has 0 spiro atoms. The zero-order chi connectivity index (χ0) is 99.1. The Labute approximate surface area is 827 Å². The minimum atomic E-state index is -4.57. The Hall–Kier alpha value is -13.4. The van der Waals surface area contributed by atoms with Gasteiger partial charge in [-0.25, -0.2) is 19.9 Å². The van der Waals surface area contributed by atoms with Gasteiger partial charge in [-0.05, 0) is 172 Å². The minimum absolute atomic E-state index is 0.0380. The van der Waals surface area contributed by atoms with Crippen molar-refractivity contribution in [3.63, 3.8) is 0 Å². The highest BCUT2D eigenvalue weighted by Crippen LogP contribution is 2.39. The van der Waals surface area contributed by atoms with E-state index < -0.39 is 29.4 Å². The van der Waals surface area contributed by atoms with Crippen LogP contribution in [0.4, 0.5) is 54.8 Å². The van der Waals surface area contributed by atoms with Crippen molar-refractivity contribution in [2.75, 3.05) is 99.6 Å². The van der Waals surface area contributed by atoms with E-state index in [9.17, 15) is 45.5 Å².